The number of carbonyl (C=O) groups is 1. The number of hydrogen-bond donors (Lipinski definition) is 0. The van der Waals surface area contributed by atoms with Crippen LogP contribution < -0.4 is 4.90 Å². The normalized spacial score (nSPS) is 18.3. The molecule has 0 N–H and O–H groups in total. The number of hydrogen-bond acceptors (Lipinski definition) is 5. The molecule has 3 rings (SSSR count). The van der Waals surface area contributed by atoms with Gasteiger partial charge in [-0.2, -0.15) is 5.26 Å². The van der Waals surface area contributed by atoms with Crippen molar-refractivity contribution in [3.05, 3.63) is 30.1 Å². The molecular weight excluding hydrogens is 318 g/mol. The zero-order valence-electron chi connectivity index (χ0n) is 15.1. The summed E-state index contributed by atoms with van der Waals surface area (Å²) >= 11 is 0. The Morgan fingerprint density at radius 2 is 2.12 bits per heavy atom. The molecule has 1 amide bonds. The first-order chi connectivity index (χ1) is 11.8. The van der Waals surface area contributed by atoms with E-state index in [1.54, 1.807) is 9.30 Å². The molecule has 1 saturated heterocycles. The Hall–Kier alpha value is -2.75. The van der Waals surface area contributed by atoms with Crippen molar-refractivity contribution in [1.82, 2.24) is 14.3 Å². The summed E-state index contributed by atoms with van der Waals surface area (Å²) in [5.41, 5.74) is 0.758. The van der Waals surface area contributed by atoms with Crippen molar-refractivity contribution in [2.75, 3.05) is 24.5 Å². The Bertz CT molecular complexity index is 830. The third-order valence-electron chi connectivity index (χ3n) is 4.17. The Balaban J connectivity index is 1.80. The summed E-state index contributed by atoms with van der Waals surface area (Å²) < 4.78 is 7.27. The van der Waals surface area contributed by atoms with Crippen LogP contribution >= 0.6 is 0 Å². The lowest BCUT2D eigenvalue weighted by Gasteiger charge is -2.40. The highest BCUT2D eigenvalue weighted by molar-refractivity contribution is 5.69. The highest BCUT2D eigenvalue weighted by Gasteiger charge is 2.32. The van der Waals surface area contributed by atoms with Crippen molar-refractivity contribution in [2.45, 2.75) is 39.3 Å². The summed E-state index contributed by atoms with van der Waals surface area (Å²) in [7, 11) is 0. The van der Waals surface area contributed by atoms with E-state index in [0.717, 1.165) is 5.65 Å². The molecule has 0 bridgehead atoms. The number of piperazine rings is 1. The highest BCUT2D eigenvalue weighted by Crippen LogP contribution is 2.24. The number of ether oxygens (including phenoxy) is 1. The van der Waals surface area contributed by atoms with Gasteiger partial charge in [0.15, 0.2) is 11.5 Å². The summed E-state index contributed by atoms with van der Waals surface area (Å²) in [5, 5.41) is 9.55. The molecule has 132 valence electrons. The molecule has 25 heavy (non-hydrogen) atoms. The van der Waals surface area contributed by atoms with Crippen LogP contribution in [0.5, 0.6) is 0 Å². The summed E-state index contributed by atoms with van der Waals surface area (Å²) in [5.74, 6) is 0.671. The number of imidazole rings is 1. The number of amides is 1. The number of rotatable bonds is 1. The van der Waals surface area contributed by atoms with Crippen LogP contribution in [-0.4, -0.2) is 51.7 Å². The molecule has 3 heterocycles. The largest absolute Gasteiger partial charge is 0.444 e. The SMILES string of the molecule is C[C@@H]1CN(c2nc3ccccn3c2C#N)CCN1C(=O)OC(C)(C)C. The minimum atomic E-state index is -0.510. The first-order valence-electron chi connectivity index (χ1n) is 8.42. The van der Waals surface area contributed by atoms with Crippen molar-refractivity contribution in [2.24, 2.45) is 0 Å². The lowest BCUT2D eigenvalue weighted by Crippen LogP contribution is -2.55. The second-order valence-corrected chi connectivity index (χ2v) is 7.29. The standard InChI is InChI=1S/C18H23N5O2/c1-13-12-21(9-10-22(13)17(24)25-18(2,3)4)16-14(11-19)23-8-6-5-7-15(23)20-16/h5-8,13H,9-10,12H2,1-4H3/t13-/m1/s1. The lowest BCUT2D eigenvalue weighted by atomic mass is 10.2. The van der Waals surface area contributed by atoms with Gasteiger partial charge in [0.05, 0.1) is 0 Å². The minimum Gasteiger partial charge on any atom is -0.444 e. The molecule has 2 aromatic rings. The number of fused-ring (bicyclic) bond motifs is 1. The van der Waals surface area contributed by atoms with Gasteiger partial charge >= 0.3 is 6.09 Å². The summed E-state index contributed by atoms with van der Waals surface area (Å²) in [6.07, 6.45) is 1.54. The molecule has 1 atom stereocenters. The van der Waals surface area contributed by atoms with E-state index in [9.17, 15) is 10.1 Å². The number of aromatic nitrogens is 2. The van der Waals surface area contributed by atoms with Crippen LogP contribution in [0.3, 0.4) is 0 Å². The van der Waals surface area contributed by atoms with E-state index in [1.165, 1.54) is 0 Å². The van der Waals surface area contributed by atoms with Crippen molar-refractivity contribution in [1.29, 1.82) is 5.26 Å². The Labute approximate surface area is 147 Å². The van der Waals surface area contributed by atoms with E-state index >= 15 is 0 Å². The molecule has 0 aromatic carbocycles. The van der Waals surface area contributed by atoms with E-state index in [0.29, 0.717) is 31.1 Å². The zero-order chi connectivity index (χ0) is 18.2. The van der Waals surface area contributed by atoms with Crippen molar-refractivity contribution in [3.63, 3.8) is 0 Å². The maximum absolute atomic E-state index is 12.3. The van der Waals surface area contributed by atoms with Crippen LogP contribution in [0.15, 0.2) is 24.4 Å². The van der Waals surface area contributed by atoms with Crippen LogP contribution in [-0.2, 0) is 4.74 Å². The smallest absolute Gasteiger partial charge is 0.410 e. The number of nitrogens with zero attached hydrogens (tertiary/aromatic N) is 5. The third kappa shape index (κ3) is 3.38. The van der Waals surface area contributed by atoms with Crippen LogP contribution in [0.25, 0.3) is 5.65 Å². The van der Waals surface area contributed by atoms with Crippen LogP contribution in [0.1, 0.15) is 33.4 Å². The van der Waals surface area contributed by atoms with Crippen molar-refractivity contribution < 1.29 is 9.53 Å². The van der Waals surface area contributed by atoms with Crippen LogP contribution in [0, 0.1) is 11.3 Å². The topological polar surface area (TPSA) is 73.9 Å². The fourth-order valence-electron chi connectivity index (χ4n) is 3.05. The van der Waals surface area contributed by atoms with Gasteiger partial charge in [0, 0.05) is 31.9 Å². The van der Waals surface area contributed by atoms with E-state index in [1.807, 2.05) is 52.1 Å². The molecule has 7 nitrogen and oxygen atoms in total. The summed E-state index contributed by atoms with van der Waals surface area (Å²) in [4.78, 5) is 20.8. The van der Waals surface area contributed by atoms with E-state index in [-0.39, 0.29) is 12.1 Å². The molecule has 2 aromatic heterocycles. The van der Waals surface area contributed by atoms with Gasteiger partial charge < -0.3 is 14.5 Å². The Morgan fingerprint density at radius 3 is 2.76 bits per heavy atom. The monoisotopic (exact) mass is 341 g/mol. The molecule has 0 spiro atoms. The van der Waals surface area contributed by atoms with Gasteiger partial charge in [-0.15, -0.1) is 0 Å². The molecular formula is C18H23N5O2. The quantitative estimate of drug-likeness (QED) is 0.797. The summed E-state index contributed by atoms with van der Waals surface area (Å²) in [6, 6.07) is 7.88. The first kappa shape index (κ1) is 17.1. The van der Waals surface area contributed by atoms with Gasteiger partial charge in [-0.05, 0) is 39.8 Å². The third-order valence-corrected chi connectivity index (χ3v) is 4.17. The molecule has 7 heteroatoms. The minimum absolute atomic E-state index is 0.0278. The average Bonchev–Trinajstić information content (AvgIpc) is 2.91. The predicted octanol–water partition coefficient (Wildman–Crippen LogP) is 2.65. The van der Waals surface area contributed by atoms with E-state index in [4.69, 9.17) is 4.74 Å². The predicted molar refractivity (Wildman–Crippen MR) is 94.5 cm³/mol. The van der Waals surface area contributed by atoms with Gasteiger partial charge in [0.2, 0.25) is 0 Å². The number of pyridine rings is 1. The molecule has 0 unspecified atom stereocenters. The fraction of sp³-hybridized carbons (Fsp3) is 0.500. The summed E-state index contributed by atoms with van der Waals surface area (Å²) in [6.45, 7) is 9.33. The van der Waals surface area contributed by atoms with Gasteiger partial charge in [-0.3, -0.25) is 4.40 Å². The van der Waals surface area contributed by atoms with Crippen molar-refractivity contribution in [3.8, 4) is 6.07 Å². The Morgan fingerprint density at radius 1 is 1.36 bits per heavy atom. The lowest BCUT2D eigenvalue weighted by molar-refractivity contribution is 0.0158. The van der Waals surface area contributed by atoms with Crippen molar-refractivity contribution >= 4 is 17.6 Å². The fourth-order valence-corrected chi connectivity index (χ4v) is 3.05. The number of nitriles is 1. The molecule has 1 fully saturated rings. The number of carbonyl (C=O) groups excluding carboxylic acids is 1. The molecule has 1 aliphatic heterocycles. The molecule has 0 radical (unpaired) electrons. The first-order valence-corrected chi connectivity index (χ1v) is 8.42. The number of anilines is 1. The van der Waals surface area contributed by atoms with Gasteiger partial charge in [0.1, 0.15) is 17.3 Å². The van der Waals surface area contributed by atoms with Gasteiger partial charge in [0.25, 0.3) is 0 Å². The maximum Gasteiger partial charge on any atom is 0.410 e. The van der Waals surface area contributed by atoms with Crippen LogP contribution in [0.4, 0.5) is 10.6 Å². The zero-order valence-corrected chi connectivity index (χ0v) is 15.1. The molecule has 0 saturated carbocycles. The maximum atomic E-state index is 12.3. The van der Waals surface area contributed by atoms with E-state index < -0.39 is 5.60 Å². The second kappa shape index (κ2) is 6.28. The molecule has 1 aliphatic rings. The Kier molecular flexibility index (Phi) is 4.29. The average molecular weight is 341 g/mol. The highest BCUT2D eigenvalue weighted by atomic mass is 16.6. The van der Waals surface area contributed by atoms with E-state index in [2.05, 4.69) is 16.0 Å². The molecule has 0 aliphatic carbocycles. The van der Waals surface area contributed by atoms with Crippen LogP contribution in [0.2, 0.25) is 0 Å². The second-order valence-electron chi connectivity index (χ2n) is 7.29. The van der Waals surface area contributed by atoms with Gasteiger partial charge in [-0.25, -0.2) is 9.78 Å². The van der Waals surface area contributed by atoms with Gasteiger partial charge in [-0.1, -0.05) is 6.07 Å².